The van der Waals surface area contributed by atoms with Crippen molar-refractivity contribution in [2.75, 3.05) is 51.4 Å². The van der Waals surface area contributed by atoms with Crippen molar-refractivity contribution in [3.63, 3.8) is 0 Å². The maximum Gasteiger partial charge on any atom is 0.191 e. The first-order chi connectivity index (χ1) is 13.6. The maximum absolute atomic E-state index is 9.36. The number of benzene rings is 1. The predicted molar refractivity (Wildman–Crippen MR) is 115 cm³/mol. The Morgan fingerprint density at radius 2 is 2.00 bits per heavy atom. The Hall–Kier alpha value is -1.79. The van der Waals surface area contributed by atoms with Crippen molar-refractivity contribution >= 4 is 11.6 Å². The molecule has 2 saturated heterocycles. The first-order valence-electron chi connectivity index (χ1n) is 10.6. The van der Waals surface area contributed by atoms with Crippen molar-refractivity contribution < 1.29 is 9.84 Å². The van der Waals surface area contributed by atoms with Crippen LogP contribution in [0.1, 0.15) is 38.2 Å². The number of ether oxygens (including phenoxy) is 1. The number of guanidine groups is 1. The second-order valence-corrected chi connectivity index (χ2v) is 8.39. The van der Waals surface area contributed by atoms with Crippen LogP contribution in [-0.2, 0) is 11.3 Å². The van der Waals surface area contributed by atoms with Crippen molar-refractivity contribution in [2.45, 2.75) is 39.2 Å². The van der Waals surface area contributed by atoms with Crippen LogP contribution in [0, 0.1) is 11.3 Å². The average Bonchev–Trinajstić information content (AvgIpc) is 3.18. The quantitative estimate of drug-likeness (QED) is 0.494. The molecule has 0 bridgehead atoms. The van der Waals surface area contributed by atoms with Crippen LogP contribution >= 0.6 is 0 Å². The molecule has 1 unspecified atom stereocenters. The molecule has 0 aromatic heterocycles. The van der Waals surface area contributed by atoms with Crippen LogP contribution in [0.4, 0.5) is 5.69 Å². The normalized spacial score (nSPS) is 23.8. The Morgan fingerprint density at radius 1 is 1.25 bits per heavy atom. The minimum atomic E-state index is 0.0138. The molecule has 0 spiro atoms. The number of aliphatic imine (C=N–C) groups is 1. The van der Waals surface area contributed by atoms with Gasteiger partial charge in [0.2, 0.25) is 0 Å². The van der Waals surface area contributed by atoms with E-state index in [4.69, 9.17) is 4.74 Å². The molecular formula is C22H36N4O2. The van der Waals surface area contributed by atoms with Crippen LogP contribution in [0.2, 0.25) is 0 Å². The van der Waals surface area contributed by atoms with Gasteiger partial charge < -0.3 is 25.4 Å². The number of hydrogen-bond donors (Lipinski definition) is 3. The number of nitrogens with one attached hydrogen (secondary N) is 2. The van der Waals surface area contributed by atoms with Gasteiger partial charge in [0.25, 0.3) is 0 Å². The summed E-state index contributed by atoms with van der Waals surface area (Å²) in [4.78, 5) is 6.82. The Kier molecular flexibility index (Phi) is 7.57. The van der Waals surface area contributed by atoms with Crippen molar-refractivity contribution in [2.24, 2.45) is 16.3 Å². The SMILES string of the molecule is CN=C(NCc1ccc(N2CCC(C)CC2)cc1)NCC1(CCO)CCOC1. The number of hydrogen-bond acceptors (Lipinski definition) is 4. The largest absolute Gasteiger partial charge is 0.396 e. The van der Waals surface area contributed by atoms with E-state index < -0.39 is 0 Å². The third-order valence-electron chi connectivity index (χ3n) is 6.23. The van der Waals surface area contributed by atoms with E-state index in [-0.39, 0.29) is 12.0 Å². The average molecular weight is 389 g/mol. The molecule has 3 rings (SSSR count). The molecule has 2 aliphatic heterocycles. The van der Waals surface area contributed by atoms with Crippen molar-refractivity contribution in [3.8, 4) is 0 Å². The van der Waals surface area contributed by atoms with Crippen LogP contribution in [0.3, 0.4) is 0 Å². The Bertz CT molecular complexity index is 618. The molecule has 3 N–H and O–H groups in total. The maximum atomic E-state index is 9.36. The Morgan fingerprint density at radius 3 is 2.61 bits per heavy atom. The van der Waals surface area contributed by atoms with Gasteiger partial charge in [0.15, 0.2) is 5.96 Å². The molecule has 2 aliphatic rings. The summed E-state index contributed by atoms with van der Waals surface area (Å²) < 4.78 is 5.56. The molecule has 6 nitrogen and oxygen atoms in total. The van der Waals surface area contributed by atoms with Crippen molar-refractivity contribution in [1.29, 1.82) is 0 Å². The number of nitrogens with zero attached hydrogens (tertiary/aromatic N) is 2. The summed E-state index contributed by atoms with van der Waals surface area (Å²) in [6.45, 7) is 7.84. The van der Waals surface area contributed by atoms with E-state index in [2.05, 4.69) is 51.7 Å². The molecule has 2 fully saturated rings. The lowest BCUT2D eigenvalue weighted by molar-refractivity contribution is 0.127. The number of rotatable bonds is 7. The number of aliphatic hydroxyl groups is 1. The molecule has 1 atom stereocenters. The number of piperidine rings is 1. The fourth-order valence-electron chi connectivity index (χ4n) is 4.08. The minimum absolute atomic E-state index is 0.0138. The first-order valence-corrected chi connectivity index (χ1v) is 10.6. The molecule has 0 aliphatic carbocycles. The molecule has 0 amide bonds. The zero-order chi connectivity index (χ0) is 19.8. The van der Waals surface area contributed by atoms with E-state index in [1.807, 2.05) is 0 Å². The van der Waals surface area contributed by atoms with Crippen molar-refractivity contribution in [1.82, 2.24) is 10.6 Å². The van der Waals surface area contributed by atoms with E-state index in [0.29, 0.717) is 6.61 Å². The molecule has 1 aromatic carbocycles. The van der Waals surface area contributed by atoms with Gasteiger partial charge in [-0.05, 0) is 49.3 Å². The third-order valence-corrected chi connectivity index (χ3v) is 6.23. The summed E-state index contributed by atoms with van der Waals surface area (Å²) in [7, 11) is 1.79. The van der Waals surface area contributed by atoms with Gasteiger partial charge in [-0.25, -0.2) is 0 Å². The second kappa shape index (κ2) is 10.1. The van der Waals surface area contributed by atoms with Gasteiger partial charge in [0, 0.05) is 57.5 Å². The highest BCUT2D eigenvalue weighted by molar-refractivity contribution is 5.79. The Balaban J connectivity index is 1.47. The summed E-state index contributed by atoms with van der Waals surface area (Å²) in [5.74, 6) is 1.64. The summed E-state index contributed by atoms with van der Waals surface area (Å²) >= 11 is 0. The van der Waals surface area contributed by atoms with Crippen LogP contribution in [0.25, 0.3) is 0 Å². The summed E-state index contributed by atoms with van der Waals surface area (Å²) in [5, 5.41) is 16.2. The van der Waals surface area contributed by atoms with E-state index in [1.165, 1.54) is 24.1 Å². The molecule has 6 heteroatoms. The lowest BCUT2D eigenvalue weighted by atomic mass is 9.84. The van der Waals surface area contributed by atoms with Gasteiger partial charge in [0.1, 0.15) is 0 Å². The standard InChI is InChI=1S/C22H36N4O2/c1-18-7-11-26(12-8-18)20-5-3-19(4-6-20)15-24-21(23-2)25-16-22(9-13-27)10-14-28-17-22/h3-6,18,27H,7-17H2,1-2H3,(H2,23,24,25). The van der Waals surface area contributed by atoms with E-state index in [0.717, 1.165) is 57.5 Å². The van der Waals surface area contributed by atoms with Crippen LogP contribution < -0.4 is 15.5 Å². The molecule has 28 heavy (non-hydrogen) atoms. The summed E-state index contributed by atoms with van der Waals surface area (Å²) in [6.07, 6.45) is 4.31. The van der Waals surface area contributed by atoms with Gasteiger partial charge in [-0.2, -0.15) is 0 Å². The van der Waals surface area contributed by atoms with Crippen LogP contribution in [0.5, 0.6) is 0 Å². The molecule has 2 heterocycles. The van der Waals surface area contributed by atoms with Crippen molar-refractivity contribution in [3.05, 3.63) is 29.8 Å². The lowest BCUT2D eigenvalue weighted by Crippen LogP contribution is -2.44. The highest BCUT2D eigenvalue weighted by Crippen LogP contribution is 2.31. The summed E-state index contributed by atoms with van der Waals surface area (Å²) in [5.41, 5.74) is 2.58. The molecule has 1 aromatic rings. The first kappa shape index (κ1) is 20.9. The smallest absolute Gasteiger partial charge is 0.191 e. The monoisotopic (exact) mass is 388 g/mol. The third kappa shape index (κ3) is 5.61. The van der Waals surface area contributed by atoms with E-state index in [1.54, 1.807) is 7.05 Å². The molecule has 156 valence electrons. The Labute approximate surface area is 169 Å². The van der Waals surface area contributed by atoms with E-state index >= 15 is 0 Å². The van der Waals surface area contributed by atoms with Gasteiger partial charge in [-0.1, -0.05) is 19.1 Å². The molecule has 0 radical (unpaired) electrons. The predicted octanol–water partition coefficient (Wildman–Crippen LogP) is 2.38. The number of aliphatic hydroxyl groups excluding tert-OH is 1. The fraction of sp³-hybridized carbons (Fsp3) is 0.682. The van der Waals surface area contributed by atoms with Crippen LogP contribution in [-0.4, -0.2) is 57.6 Å². The number of anilines is 1. The van der Waals surface area contributed by atoms with E-state index in [9.17, 15) is 5.11 Å². The fourth-order valence-corrected chi connectivity index (χ4v) is 4.08. The molecule has 0 saturated carbocycles. The van der Waals surface area contributed by atoms with Gasteiger partial charge in [-0.15, -0.1) is 0 Å². The highest BCUT2D eigenvalue weighted by Gasteiger charge is 2.34. The van der Waals surface area contributed by atoms with Crippen LogP contribution in [0.15, 0.2) is 29.3 Å². The second-order valence-electron chi connectivity index (χ2n) is 8.39. The topological polar surface area (TPSA) is 69.1 Å². The zero-order valence-corrected chi connectivity index (χ0v) is 17.4. The molecular weight excluding hydrogens is 352 g/mol. The zero-order valence-electron chi connectivity index (χ0n) is 17.4. The van der Waals surface area contributed by atoms with Gasteiger partial charge in [-0.3, -0.25) is 4.99 Å². The van der Waals surface area contributed by atoms with Gasteiger partial charge >= 0.3 is 0 Å². The van der Waals surface area contributed by atoms with Gasteiger partial charge in [0.05, 0.1) is 6.61 Å². The highest BCUT2D eigenvalue weighted by atomic mass is 16.5. The lowest BCUT2D eigenvalue weighted by Gasteiger charge is -2.32. The minimum Gasteiger partial charge on any atom is -0.396 e. The summed E-state index contributed by atoms with van der Waals surface area (Å²) in [6, 6.07) is 8.86.